The zero-order valence-corrected chi connectivity index (χ0v) is 15.4. The summed E-state index contributed by atoms with van der Waals surface area (Å²) in [6.45, 7) is 4.14. The van der Waals surface area contributed by atoms with Gasteiger partial charge in [0.15, 0.2) is 0 Å². The highest BCUT2D eigenvalue weighted by Crippen LogP contribution is 2.67. The van der Waals surface area contributed by atoms with Gasteiger partial charge in [0, 0.05) is 12.5 Å². The van der Waals surface area contributed by atoms with Crippen molar-refractivity contribution in [2.45, 2.75) is 77.2 Å². The second-order valence-electron chi connectivity index (χ2n) is 10.3. The topological polar surface area (TPSA) is 40.5 Å². The largest absolute Gasteiger partial charge is 0.396 e. The normalized spacial score (nSPS) is 57.1. The number of hydrogen-bond acceptors (Lipinski definition) is 2. The average molecular weight is 339 g/mol. The first-order valence-electron chi connectivity index (χ1n) is 10.3. The summed E-state index contributed by atoms with van der Waals surface area (Å²) >= 11 is 0. The molecule has 0 spiro atoms. The van der Waals surface area contributed by atoms with Crippen LogP contribution in [0.2, 0.25) is 0 Å². The quantitative estimate of drug-likeness (QED) is 0.786. The molecule has 0 saturated heterocycles. The highest BCUT2D eigenvalue weighted by Gasteiger charge is 2.61. The Balaban J connectivity index is 1.63. The van der Waals surface area contributed by atoms with Gasteiger partial charge in [-0.15, -0.1) is 0 Å². The van der Waals surface area contributed by atoms with Crippen LogP contribution < -0.4 is 0 Å². The lowest BCUT2D eigenvalue weighted by molar-refractivity contribution is -0.184. The van der Waals surface area contributed by atoms with Crippen molar-refractivity contribution >= 4 is 0 Å². The van der Waals surface area contributed by atoms with Crippen molar-refractivity contribution in [1.29, 1.82) is 0 Å². The summed E-state index contributed by atoms with van der Waals surface area (Å²) in [6.07, 6.45) is 10.6. The Hall–Kier alpha value is -0.150. The maximum atomic E-state index is 13.6. The summed E-state index contributed by atoms with van der Waals surface area (Å²) in [5, 5.41) is 20.6. The van der Waals surface area contributed by atoms with Crippen molar-refractivity contribution in [3.63, 3.8) is 0 Å². The van der Waals surface area contributed by atoms with E-state index in [-0.39, 0.29) is 17.9 Å². The molecule has 0 aromatic rings. The molecule has 24 heavy (non-hydrogen) atoms. The smallest absolute Gasteiger partial charge is 0.118 e. The number of fused-ring (bicyclic) bond motifs is 5. The average Bonchev–Trinajstić information content (AvgIpc) is 2.96. The Kier molecular flexibility index (Phi) is 4.08. The maximum absolute atomic E-state index is 13.6. The van der Waals surface area contributed by atoms with Crippen LogP contribution in [0.25, 0.3) is 0 Å². The second kappa shape index (κ2) is 5.67. The van der Waals surface area contributed by atoms with E-state index in [9.17, 15) is 14.6 Å². The monoisotopic (exact) mass is 338 g/mol. The molecule has 4 fully saturated rings. The zero-order chi connectivity index (χ0) is 17.2. The predicted octanol–water partition coefficient (Wildman–Crippen LogP) is 4.34. The van der Waals surface area contributed by atoms with Gasteiger partial charge in [0.1, 0.15) is 6.67 Å². The lowest BCUT2D eigenvalue weighted by atomic mass is 9.43. The number of halogens is 1. The van der Waals surface area contributed by atoms with E-state index in [1.807, 2.05) is 0 Å². The van der Waals surface area contributed by atoms with Gasteiger partial charge in [-0.3, -0.25) is 0 Å². The summed E-state index contributed by atoms with van der Waals surface area (Å²) in [4.78, 5) is 0. The van der Waals surface area contributed by atoms with Gasteiger partial charge < -0.3 is 10.2 Å². The molecule has 4 saturated carbocycles. The molecule has 0 aromatic carbocycles. The van der Waals surface area contributed by atoms with E-state index in [4.69, 9.17) is 0 Å². The number of rotatable bonds is 2. The van der Waals surface area contributed by atoms with Crippen molar-refractivity contribution in [2.75, 3.05) is 13.3 Å². The van der Waals surface area contributed by atoms with E-state index in [2.05, 4.69) is 13.8 Å². The van der Waals surface area contributed by atoms with Crippen LogP contribution in [0, 0.1) is 40.4 Å². The van der Waals surface area contributed by atoms with Crippen molar-refractivity contribution in [3.05, 3.63) is 0 Å². The summed E-state index contributed by atoms with van der Waals surface area (Å²) in [5.74, 6) is 2.55. The maximum Gasteiger partial charge on any atom is 0.118 e. The Morgan fingerprint density at radius 1 is 1.00 bits per heavy atom. The molecule has 0 aliphatic heterocycles. The molecule has 0 amide bonds. The van der Waals surface area contributed by atoms with E-state index in [0.717, 1.165) is 24.7 Å². The number of hydrogen-bond donors (Lipinski definition) is 2. The molecule has 3 heteroatoms. The highest BCUT2D eigenvalue weighted by atomic mass is 19.1. The van der Waals surface area contributed by atoms with Crippen LogP contribution in [0.15, 0.2) is 0 Å². The van der Waals surface area contributed by atoms with E-state index < -0.39 is 12.3 Å². The van der Waals surface area contributed by atoms with E-state index in [0.29, 0.717) is 23.7 Å². The van der Waals surface area contributed by atoms with E-state index >= 15 is 0 Å². The molecule has 4 rings (SSSR count). The molecule has 0 radical (unpaired) electrons. The lowest BCUT2D eigenvalue weighted by Crippen LogP contribution is -2.59. The Morgan fingerprint density at radius 2 is 1.79 bits per heavy atom. The van der Waals surface area contributed by atoms with E-state index in [1.54, 1.807) is 0 Å². The molecular formula is C21H35FO2. The summed E-state index contributed by atoms with van der Waals surface area (Å²) in [6, 6.07) is 0. The van der Waals surface area contributed by atoms with Crippen LogP contribution >= 0.6 is 0 Å². The standard InChI is InChI=1S/C21H35FO2/c1-19-8-3-4-17(19)16-6-5-14-11-21(24,13-22)15(12-23)10-20(14,2)18(16)7-9-19/h14-18,23-24H,3-13H2,1-2H3/t14?,15?,16-,17-,18+,19-,20-,21?/m0/s1. The Labute approximate surface area is 146 Å². The first-order chi connectivity index (χ1) is 11.4. The van der Waals surface area contributed by atoms with Crippen LogP contribution in [0.1, 0.15) is 71.6 Å². The third kappa shape index (κ3) is 2.26. The first kappa shape index (κ1) is 17.3. The van der Waals surface area contributed by atoms with Gasteiger partial charge in [0.2, 0.25) is 0 Å². The summed E-state index contributed by atoms with van der Waals surface area (Å²) in [7, 11) is 0. The molecule has 138 valence electrons. The molecule has 0 heterocycles. The lowest BCUT2D eigenvalue weighted by Gasteiger charge is -2.62. The predicted molar refractivity (Wildman–Crippen MR) is 93.2 cm³/mol. The minimum Gasteiger partial charge on any atom is -0.396 e. The zero-order valence-electron chi connectivity index (χ0n) is 15.4. The van der Waals surface area contributed by atoms with Crippen LogP contribution in [0.3, 0.4) is 0 Å². The molecule has 0 bridgehead atoms. The summed E-state index contributed by atoms with van der Waals surface area (Å²) < 4.78 is 13.6. The minimum atomic E-state index is -1.29. The second-order valence-corrected chi connectivity index (χ2v) is 10.3. The Morgan fingerprint density at radius 3 is 2.50 bits per heavy atom. The first-order valence-corrected chi connectivity index (χ1v) is 10.3. The molecule has 3 unspecified atom stereocenters. The van der Waals surface area contributed by atoms with Gasteiger partial charge in [0.05, 0.1) is 5.60 Å². The fraction of sp³-hybridized carbons (Fsp3) is 1.00. The third-order valence-electron chi connectivity index (χ3n) is 9.34. The highest BCUT2D eigenvalue weighted by molar-refractivity contribution is 5.10. The van der Waals surface area contributed by atoms with Crippen LogP contribution in [0.4, 0.5) is 4.39 Å². The third-order valence-corrected chi connectivity index (χ3v) is 9.34. The molecule has 2 N–H and O–H groups in total. The van der Waals surface area contributed by atoms with Crippen molar-refractivity contribution in [3.8, 4) is 0 Å². The fourth-order valence-electron chi connectivity index (χ4n) is 7.89. The summed E-state index contributed by atoms with van der Waals surface area (Å²) in [5.41, 5.74) is -0.543. The van der Waals surface area contributed by atoms with Crippen molar-refractivity contribution in [1.82, 2.24) is 0 Å². The van der Waals surface area contributed by atoms with Crippen molar-refractivity contribution in [2.24, 2.45) is 40.4 Å². The van der Waals surface area contributed by atoms with Gasteiger partial charge in [-0.05, 0) is 85.9 Å². The van der Waals surface area contributed by atoms with Crippen LogP contribution in [-0.2, 0) is 0 Å². The van der Waals surface area contributed by atoms with Crippen LogP contribution in [0.5, 0.6) is 0 Å². The van der Waals surface area contributed by atoms with Crippen LogP contribution in [-0.4, -0.2) is 29.1 Å². The van der Waals surface area contributed by atoms with Gasteiger partial charge >= 0.3 is 0 Å². The molecule has 4 aliphatic carbocycles. The van der Waals surface area contributed by atoms with Crippen molar-refractivity contribution < 1.29 is 14.6 Å². The van der Waals surface area contributed by atoms with Gasteiger partial charge in [0.25, 0.3) is 0 Å². The molecular weight excluding hydrogens is 303 g/mol. The number of aliphatic hydroxyl groups excluding tert-OH is 1. The molecule has 4 aliphatic rings. The number of aliphatic hydroxyl groups is 2. The van der Waals surface area contributed by atoms with Gasteiger partial charge in [-0.25, -0.2) is 4.39 Å². The Bertz CT molecular complexity index is 496. The molecule has 8 atom stereocenters. The molecule has 0 aromatic heterocycles. The minimum absolute atomic E-state index is 0.0821. The van der Waals surface area contributed by atoms with E-state index in [1.165, 1.54) is 38.5 Å². The number of alkyl halides is 1. The molecule has 2 nitrogen and oxygen atoms in total. The van der Waals surface area contributed by atoms with Gasteiger partial charge in [-0.2, -0.15) is 0 Å². The van der Waals surface area contributed by atoms with Gasteiger partial charge in [-0.1, -0.05) is 20.3 Å². The SMILES string of the molecule is C[C@@]12CCC[C@H]1[C@@H]1CCC3CC(O)(CF)C(CO)C[C@]3(C)[C@@H]1CC2. The fourth-order valence-corrected chi connectivity index (χ4v) is 7.89.